The fourth-order valence-corrected chi connectivity index (χ4v) is 5.56. The summed E-state index contributed by atoms with van der Waals surface area (Å²) in [6, 6.07) is 9.85. The molecule has 1 atom stereocenters. The first-order valence-electron chi connectivity index (χ1n) is 10.5. The Bertz CT molecular complexity index is 1070. The zero-order valence-corrected chi connectivity index (χ0v) is 19.9. The molecule has 1 amide bonds. The quantitative estimate of drug-likeness (QED) is 0.488. The molecule has 0 spiro atoms. The van der Waals surface area contributed by atoms with Crippen molar-refractivity contribution in [1.29, 1.82) is 0 Å². The van der Waals surface area contributed by atoms with Gasteiger partial charge in [0.15, 0.2) is 21.3 Å². The first-order chi connectivity index (χ1) is 15.8. The fourth-order valence-electron chi connectivity index (χ4n) is 3.83. The maximum atomic E-state index is 13.5. The van der Waals surface area contributed by atoms with E-state index in [1.807, 2.05) is 0 Å². The van der Waals surface area contributed by atoms with Crippen molar-refractivity contribution in [3.63, 3.8) is 0 Å². The molecule has 0 bridgehead atoms. The van der Waals surface area contributed by atoms with Crippen molar-refractivity contribution in [3.8, 4) is 23.0 Å². The van der Waals surface area contributed by atoms with E-state index in [2.05, 4.69) is 6.58 Å². The largest absolute Gasteiger partial charge is 0.493 e. The van der Waals surface area contributed by atoms with E-state index in [9.17, 15) is 13.2 Å². The van der Waals surface area contributed by atoms with E-state index in [4.69, 9.17) is 18.9 Å². The van der Waals surface area contributed by atoms with E-state index in [-0.39, 0.29) is 24.0 Å². The molecule has 2 aromatic carbocycles. The van der Waals surface area contributed by atoms with Gasteiger partial charge in [-0.2, -0.15) is 0 Å². The van der Waals surface area contributed by atoms with Crippen LogP contribution in [0.5, 0.6) is 23.0 Å². The summed E-state index contributed by atoms with van der Waals surface area (Å²) in [5.74, 6) is 1.71. The number of rotatable bonds is 10. The van der Waals surface area contributed by atoms with E-state index < -0.39 is 15.9 Å². The lowest BCUT2D eigenvalue weighted by Gasteiger charge is -2.29. The van der Waals surface area contributed by atoms with E-state index in [0.717, 1.165) is 5.56 Å². The van der Waals surface area contributed by atoms with Gasteiger partial charge in [-0.25, -0.2) is 8.42 Å². The van der Waals surface area contributed by atoms with Crippen molar-refractivity contribution in [1.82, 2.24) is 4.90 Å². The second-order valence-electron chi connectivity index (χ2n) is 7.65. The average Bonchev–Trinajstić information content (AvgIpc) is 3.19. The Balaban J connectivity index is 1.94. The summed E-state index contributed by atoms with van der Waals surface area (Å²) in [6.07, 6.45) is 2.03. The van der Waals surface area contributed by atoms with Crippen LogP contribution >= 0.6 is 0 Å². The van der Waals surface area contributed by atoms with Gasteiger partial charge in [0, 0.05) is 18.2 Å². The number of hydrogen-bond acceptors (Lipinski definition) is 7. The van der Waals surface area contributed by atoms with E-state index in [1.165, 1.54) is 21.3 Å². The molecule has 9 heteroatoms. The minimum atomic E-state index is -3.19. The Morgan fingerprint density at radius 1 is 1.09 bits per heavy atom. The predicted molar refractivity (Wildman–Crippen MR) is 125 cm³/mol. The first kappa shape index (κ1) is 24.4. The Labute approximate surface area is 194 Å². The molecule has 0 radical (unpaired) electrons. The lowest BCUT2D eigenvalue weighted by atomic mass is 10.1. The summed E-state index contributed by atoms with van der Waals surface area (Å²) in [6.45, 7) is 4.16. The summed E-state index contributed by atoms with van der Waals surface area (Å²) in [5, 5.41) is 0. The molecular formula is C24H29NO7S. The zero-order valence-electron chi connectivity index (χ0n) is 19.1. The van der Waals surface area contributed by atoms with Crippen LogP contribution in [-0.2, 0) is 16.4 Å². The highest BCUT2D eigenvalue weighted by Crippen LogP contribution is 2.39. The number of benzene rings is 2. The maximum Gasteiger partial charge on any atom is 0.254 e. The topological polar surface area (TPSA) is 91.4 Å². The minimum Gasteiger partial charge on any atom is -0.493 e. The molecule has 178 valence electrons. The van der Waals surface area contributed by atoms with Crippen LogP contribution in [-0.4, -0.2) is 64.7 Å². The third-order valence-corrected chi connectivity index (χ3v) is 7.21. The van der Waals surface area contributed by atoms with Gasteiger partial charge in [-0.05, 0) is 48.4 Å². The van der Waals surface area contributed by atoms with Gasteiger partial charge in [0.1, 0.15) is 12.4 Å². The van der Waals surface area contributed by atoms with Crippen LogP contribution in [0.2, 0.25) is 0 Å². The zero-order chi connectivity index (χ0) is 24.0. The van der Waals surface area contributed by atoms with E-state index in [0.29, 0.717) is 41.6 Å². The summed E-state index contributed by atoms with van der Waals surface area (Å²) in [7, 11) is 1.36. The van der Waals surface area contributed by atoms with Gasteiger partial charge in [-0.1, -0.05) is 12.7 Å². The van der Waals surface area contributed by atoms with Gasteiger partial charge >= 0.3 is 0 Å². The summed E-state index contributed by atoms with van der Waals surface area (Å²) in [4.78, 5) is 15.1. The number of carbonyl (C=O) groups is 1. The molecular weight excluding hydrogens is 446 g/mol. The van der Waals surface area contributed by atoms with Crippen LogP contribution in [0, 0.1) is 0 Å². The van der Waals surface area contributed by atoms with Gasteiger partial charge in [0.25, 0.3) is 5.91 Å². The van der Waals surface area contributed by atoms with Crippen LogP contribution in [0.3, 0.4) is 0 Å². The van der Waals surface area contributed by atoms with Crippen LogP contribution in [0.1, 0.15) is 22.3 Å². The third-order valence-electron chi connectivity index (χ3n) is 5.46. The molecule has 33 heavy (non-hydrogen) atoms. The molecule has 3 rings (SSSR count). The van der Waals surface area contributed by atoms with Crippen molar-refractivity contribution in [2.24, 2.45) is 0 Å². The summed E-state index contributed by atoms with van der Waals surface area (Å²) >= 11 is 0. The Kier molecular flexibility index (Phi) is 7.86. The van der Waals surface area contributed by atoms with Crippen molar-refractivity contribution in [3.05, 3.63) is 60.2 Å². The SMILES string of the molecule is C=CCOc1ccc(C(=O)N(Cc2cc(OC)c(OC)c(OC)c2)C2CCS(=O)(=O)C2)cc1. The Morgan fingerprint density at radius 3 is 2.21 bits per heavy atom. The maximum absolute atomic E-state index is 13.5. The molecule has 1 heterocycles. The van der Waals surface area contributed by atoms with Crippen molar-refractivity contribution in [2.45, 2.75) is 19.0 Å². The lowest BCUT2D eigenvalue weighted by Crippen LogP contribution is -2.40. The second-order valence-corrected chi connectivity index (χ2v) is 9.88. The number of methoxy groups -OCH3 is 3. The summed E-state index contributed by atoms with van der Waals surface area (Å²) in [5.41, 5.74) is 1.17. The lowest BCUT2D eigenvalue weighted by molar-refractivity contribution is 0.0680. The van der Waals surface area contributed by atoms with E-state index in [1.54, 1.807) is 47.4 Å². The van der Waals surface area contributed by atoms with Gasteiger partial charge in [-0.3, -0.25) is 4.79 Å². The number of sulfone groups is 1. The van der Waals surface area contributed by atoms with Crippen molar-refractivity contribution < 1.29 is 32.2 Å². The number of hydrogen-bond donors (Lipinski definition) is 0. The van der Waals surface area contributed by atoms with Crippen LogP contribution in [0.15, 0.2) is 49.1 Å². The van der Waals surface area contributed by atoms with Crippen molar-refractivity contribution in [2.75, 3.05) is 39.4 Å². The first-order valence-corrected chi connectivity index (χ1v) is 12.3. The number of carbonyl (C=O) groups excluding carboxylic acids is 1. The highest BCUT2D eigenvalue weighted by atomic mass is 32.2. The fraction of sp³-hybridized carbons (Fsp3) is 0.375. The molecule has 0 aliphatic carbocycles. The molecule has 1 fully saturated rings. The van der Waals surface area contributed by atoms with Gasteiger partial charge < -0.3 is 23.8 Å². The highest BCUT2D eigenvalue weighted by molar-refractivity contribution is 7.91. The highest BCUT2D eigenvalue weighted by Gasteiger charge is 2.35. The Hall–Kier alpha value is -3.20. The van der Waals surface area contributed by atoms with E-state index >= 15 is 0 Å². The van der Waals surface area contributed by atoms with Gasteiger partial charge in [0.2, 0.25) is 5.75 Å². The number of nitrogens with zero attached hydrogens (tertiary/aromatic N) is 1. The second kappa shape index (κ2) is 10.6. The molecule has 0 aromatic heterocycles. The van der Waals surface area contributed by atoms with Crippen LogP contribution in [0.25, 0.3) is 0 Å². The van der Waals surface area contributed by atoms with Gasteiger partial charge in [0.05, 0.1) is 32.8 Å². The predicted octanol–water partition coefficient (Wildman–Crippen LogP) is 3.11. The standard InChI is InChI=1S/C24H29NO7S/c1-5-11-32-20-8-6-18(7-9-20)24(26)25(19-10-12-33(27,28)16-19)15-17-13-21(29-2)23(31-4)22(14-17)30-3/h5-9,13-14,19H,1,10-12,15-16H2,2-4H3. The normalized spacial score (nSPS) is 16.6. The number of ether oxygens (including phenoxy) is 4. The van der Waals surface area contributed by atoms with Crippen molar-refractivity contribution >= 4 is 15.7 Å². The molecule has 1 saturated heterocycles. The minimum absolute atomic E-state index is 0.0605. The third kappa shape index (κ3) is 5.78. The Morgan fingerprint density at radius 2 is 1.73 bits per heavy atom. The molecule has 8 nitrogen and oxygen atoms in total. The number of amides is 1. The summed E-state index contributed by atoms with van der Waals surface area (Å²) < 4.78 is 46.0. The molecule has 1 unspecified atom stereocenters. The average molecular weight is 476 g/mol. The molecule has 1 aliphatic rings. The van der Waals surface area contributed by atoms with Gasteiger partial charge in [-0.15, -0.1) is 0 Å². The molecule has 0 saturated carbocycles. The van der Waals surface area contributed by atoms with Crippen LogP contribution in [0.4, 0.5) is 0 Å². The monoisotopic (exact) mass is 475 g/mol. The molecule has 1 aliphatic heterocycles. The smallest absolute Gasteiger partial charge is 0.254 e. The van der Waals surface area contributed by atoms with Crippen LogP contribution < -0.4 is 18.9 Å². The molecule has 0 N–H and O–H groups in total. The molecule has 2 aromatic rings.